The fraction of sp³-hybridized carbons (Fsp3) is 0.333. The number of anilines is 2. The van der Waals surface area contributed by atoms with E-state index in [2.05, 4.69) is 25.9 Å². The van der Waals surface area contributed by atoms with Crippen molar-refractivity contribution in [2.45, 2.75) is 18.9 Å². The van der Waals surface area contributed by atoms with Crippen LogP contribution >= 0.6 is 0 Å². The van der Waals surface area contributed by atoms with Crippen molar-refractivity contribution < 1.29 is 18.7 Å². The van der Waals surface area contributed by atoms with Gasteiger partial charge in [-0.3, -0.25) is 9.78 Å². The summed E-state index contributed by atoms with van der Waals surface area (Å²) in [4.78, 5) is 19.8. The number of likely N-dealkylation sites (N-methyl/N-ethyl adjacent to an activating group) is 1. The first-order valence-corrected chi connectivity index (χ1v) is 10.9. The molecule has 33 heavy (non-hydrogen) atoms. The molecule has 3 aromatic rings. The van der Waals surface area contributed by atoms with Crippen LogP contribution in [0.4, 0.5) is 15.8 Å². The molecule has 1 aliphatic heterocycles. The van der Waals surface area contributed by atoms with E-state index in [1.807, 2.05) is 13.1 Å². The van der Waals surface area contributed by atoms with Crippen LogP contribution in [0.5, 0.6) is 11.5 Å². The third kappa shape index (κ3) is 4.84. The van der Waals surface area contributed by atoms with E-state index in [0.717, 1.165) is 30.5 Å². The molecule has 174 valence electrons. The monoisotopic (exact) mass is 453 g/mol. The lowest BCUT2D eigenvalue weighted by Gasteiger charge is -2.27. The van der Waals surface area contributed by atoms with Crippen LogP contribution < -0.4 is 25.4 Å². The number of para-hydroxylation sites is 1. The number of carbonyl (C=O) groups is 1. The van der Waals surface area contributed by atoms with Crippen molar-refractivity contribution >= 4 is 17.7 Å². The average Bonchev–Trinajstić information content (AvgIpc) is 3.14. The highest BCUT2D eigenvalue weighted by molar-refractivity contribution is 5.96. The van der Waals surface area contributed by atoms with Crippen molar-refractivity contribution in [1.29, 1.82) is 0 Å². The molecule has 0 radical (unpaired) electrons. The Kier molecular flexibility index (Phi) is 7.21. The molecule has 4 N–H and O–H groups in total. The molecule has 1 fully saturated rings. The molecule has 1 unspecified atom stereocenters. The first kappa shape index (κ1) is 22.8. The summed E-state index contributed by atoms with van der Waals surface area (Å²) in [5, 5.41) is 9.64. The zero-order valence-corrected chi connectivity index (χ0v) is 18.7. The topological polar surface area (TPSA) is 100 Å². The van der Waals surface area contributed by atoms with Crippen LogP contribution in [0.1, 0.15) is 22.5 Å². The molecule has 1 atom stereocenters. The van der Waals surface area contributed by atoms with Gasteiger partial charge in [-0.15, -0.1) is 0 Å². The van der Waals surface area contributed by atoms with Crippen molar-refractivity contribution in [2.24, 2.45) is 0 Å². The van der Waals surface area contributed by atoms with E-state index in [1.165, 1.54) is 13.2 Å². The maximum absolute atomic E-state index is 14.3. The molecular formula is C24H28FN5O3. The van der Waals surface area contributed by atoms with E-state index < -0.39 is 5.82 Å². The zero-order chi connectivity index (χ0) is 23.2. The highest BCUT2D eigenvalue weighted by atomic mass is 19.1. The van der Waals surface area contributed by atoms with Gasteiger partial charge in [0, 0.05) is 36.5 Å². The Bertz CT molecular complexity index is 1110. The van der Waals surface area contributed by atoms with Gasteiger partial charge in [-0.25, -0.2) is 4.39 Å². The number of aldehydes is 1. The van der Waals surface area contributed by atoms with Crippen LogP contribution in [-0.2, 0) is 6.42 Å². The van der Waals surface area contributed by atoms with Crippen LogP contribution in [0, 0.1) is 5.82 Å². The number of nitrogens with one attached hydrogen (secondary N) is 4. The Morgan fingerprint density at radius 3 is 2.88 bits per heavy atom. The minimum absolute atomic E-state index is 0.0699. The van der Waals surface area contributed by atoms with Crippen molar-refractivity contribution in [1.82, 2.24) is 20.6 Å². The summed E-state index contributed by atoms with van der Waals surface area (Å²) < 4.78 is 25.7. The van der Waals surface area contributed by atoms with Crippen molar-refractivity contribution in [2.75, 3.05) is 39.2 Å². The zero-order valence-electron chi connectivity index (χ0n) is 18.7. The standard InChI is InChI=1S/C24H28FN5O3/c1-26-9-8-19-17(13-31)23(30-20-5-3-4-18(25)24(20)32-2)22(29-19)16-7-10-27-12-21(16)33-14-15-6-11-28-15/h3-5,7,10,12-13,15,26,28-30H,6,8-9,11,14H2,1-2H3. The summed E-state index contributed by atoms with van der Waals surface area (Å²) in [6.45, 7) is 2.19. The lowest BCUT2D eigenvalue weighted by atomic mass is 10.1. The van der Waals surface area contributed by atoms with Crippen molar-refractivity contribution in [3.8, 4) is 22.8 Å². The van der Waals surface area contributed by atoms with E-state index in [-0.39, 0.29) is 5.75 Å². The SMILES string of the molecule is CNCCc1[nH]c(-c2ccncc2OCC2CCN2)c(Nc2cccc(F)c2OC)c1C=O. The lowest BCUT2D eigenvalue weighted by Crippen LogP contribution is -2.46. The first-order chi connectivity index (χ1) is 16.2. The Morgan fingerprint density at radius 1 is 1.33 bits per heavy atom. The summed E-state index contributed by atoms with van der Waals surface area (Å²) in [5.74, 6) is 0.170. The van der Waals surface area contributed by atoms with Gasteiger partial charge in [-0.2, -0.15) is 0 Å². The predicted molar refractivity (Wildman–Crippen MR) is 125 cm³/mol. The van der Waals surface area contributed by atoms with E-state index in [1.54, 1.807) is 24.5 Å². The number of H-pyrrole nitrogens is 1. The number of ether oxygens (including phenoxy) is 2. The second kappa shape index (κ2) is 10.5. The van der Waals surface area contributed by atoms with Gasteiger partial charge in [0.1, 0.15) is 12.4 Å². The minimum Gasteiger partial charge on any atom is -0.492 e. The number of hydrogen-bond donors (Lipinski definition) is 4. The second-order valence-corrected chi connectivity index (χ2v) is 7.81. The molecule has 0 aliphatic carbocycles. The Hall–Kier alpha value is -3.43. The van der Waals surface area contributed by atoms with Crippen molar-refractivity contribution in [3.05, 3.63) is 53.7 Å². The number of halogens is 1. The molecule has 9 heteroatoms. The Morgan fingerprint density at radius 2 is 2.18 bits per heavy atom. The van der Waals surface area contributed by atoms with Gasteiger partial charge in [-0.05, 0) is 38.2 Å². The average molecular weight is 454 g/mol. The van der Waals surface area contributed by atoms with Gasteiger partial charge in [0.2, 0.25) is 0 Å². The molecule has 0 amide bonds. The molecule has 3 heterocycles. The number of aromatic nitrogens is 2. The molecule has 0 saturated carbocycles. The third-order valence-corrected chi connectivity index (χ3v) is 5.71. The molecule has 4 rings (SSSR count). The Labute approximate surface area is 191 Å². The maximum atomic E-state index is 14.3. The lowest BCUT2D eigenvalue weighted by molar-refractivity contribution is 0.112. The number of pyridine rings is 1. The first-order valence-electron chi connectivity index (χ1n) is 10.9. The summed E-state index contributed by atoms with van der Waals surface area (Å²) >= 11 is 0. The smallest absolute Gasteiger partial charge is 0.177 e. The van der Waals surface area contributed by atoms with E-state index in [9.17, 15) is 9.18 Å². The van der Waals surface area contributed by atoms with Crippen LogP contribution in [0.15, 0.2) is 36.7 Å². The maximum Gasteiger partial charge on any atom is 0.177 e. The van der Waals surface area contributed by atoms with Crippen LogP contribution in [0.3, 0.4) is 0 Å². The summed E-state index contributed by atoms with van der Waals surface area (Å²) in [6.07, 6.45) is 5.81. The fourth-order valence-corrected chi connectivity index (χ4v) is 3.81. The molecule has 0 spiro atoms. The minimum atomic E-state index is -0.497. The Balaban J connectivity index is 1.79. The number of rotatable bonds is 11. The molecule has 0 bridgehead atoms. The number of hydrogen-bond acceptors (Lipinski definition) is 7. The molecule has 1 saturated heterocycles. The highest BCUT2D eigenvalue weighted by Crippen LogP contribution is 2.40. The third-order valence-electron chi connectivity index (χ3n) is 5.71. The highest BCUT2D eigenvalue weighted by Gasteiger charge is 2.23. The van der Waals surface area contributed by atoms with E-state index >= 15 is 0 Å². The van der Waals surface area contributed by atoms with Crippen LogP contribution in [-0.4, -0.2) is 56.1 Å². The normalized spacial score (nSPS) is 15.1. The molecule has 8 nitrogen and oxygen atoms in total. The summed E-state index contributed by atoms with van der Waals surface area (Å²) in [6, 6.07) is 6.76. The van der Waals surface area contributed by atoms with Gasteiger partial charge in [0.25, 0.3) is 0 Å². The number of benzene rings is 1. The fourth-order valence-electron chi connectivity index (χ4n) is 3.81. The number of methoxy groups -OCH3 is 1. The molecule has 2 aromatic heterocycles. The van der Waals surface area contributed by atoms with Gasteiger partial charge < -0.3 is 30.4 Å². The van der Waals surface area contributed by atoms with Gasteiger partial charge in [-0.1, -0.05) is 6.07 Å². The molecule has 1 aromatic carbocycles. The molecule has 1 aliphatic rings. The van der Waals surface area contributed by atoms with E-state index in [4.69, 9.17) is 9.47 Å². The molecular weight excluding hydrogens is 425 g/mol. The van der Waals surface area contributed by atoms with Gasteiger partial charge >= 0.3 is 0 Å². The summed E-state index contributed by atoms with van der Waals surface area (Å²) in [5.41, 5.74) is 3.58. The van der Waals surface area contributed by atoms with E-state index in [0.29, 0.717) is 54.0 Å². The van der Waals surface area contributed by atoms with Crippen LogP contribution in [0.25, 0.3) is 11.3 Å². The largest absolute Gasteiger partial charge is 0.492 e. The number of aromatic amines is 1. The van der Waals surface area contributed by atoms with Gasteiger partial charge in [0.05, 0.1) is 35.9 Å². The van der Waals surface area contributed by atoms with Gasteiger partial charge in [0.15, 0.2) is 17.9 Å². The van der Waals surface area contributed by atoms with Crippen LogP contribution in [0.2, 0.25) is 0 Å². The van der Waals surface area contributed by atoms with Crippen molar-refractivity contribution in [3.63, 3.8) is 0 Å². The predicted octanol–water partition coefficient (Wildman–Crippen LogP) is 3.28. The second-order valence-electron chi connectivity index (χ2n) is 7.81. The quantitative estimate of drug-likeness (QED) is 0.331. The number of nitrogens with zero attached hydrogens (tertiary/aromatic N) is 1. The summed E-state index contributed by atoms with van der Waals surface area (Å²) in [7, 11) is 3.26. The number of carbonyl (C=O) groups excluding carboxylic acids is 1.